The van der Waals surface area contributed by atoms with Gasteiger partial charge in [-0.15, -0.1) is 0 Å². The first kappa shape index (κ1) is 16.9. The van der Waals surface area contributed by atoms with Crippen LogP contribution in [0.3, 0.4) is 0 Å². The molecule has 0 heterocycles. The van der Waals surface area contributed by atoms with Gasteiger partial charge < -0.3 is 10.5 Å². The highest BCUT2D eigenvalue weighted by Crippen LogP contribution is 2.22. The highest BCUT2D eigenvalue weighted by atomic mass is 16.5. The second kappa shape index (κ2) is 10.6. The average Bonchev–Trinajstić information content (AvgIpc) is 2.66. The topological polar surface area (TPSA) is 38.5 Å². The van der Waals surface area contributed by atoms with Gasteiger partial charge in [-0.2, -0.15) is 0 Å². The molecule has 3 nitrogen and oxygen atoms in total. The second-order valence-electron chi connectivity index (χ2n) is 6.29. The van der Waals surface area contributed by atoms with Crippen LogP contribution in [-0.2, 0) is 4.74 Å². The summed E-state index contributed by atoms with van der Waals surface area (Å²) in [6.45, 7) is 9.20. The first-order chi connectivity index (χ1) is 9.24. The summed E-state index contributed by atoms with van der Waals surface area (Å²) in [4.78, 5) is 2.64. The van der Waals surface area contributed by atoms with E-state index in [9.17, 15) is 0 Å². The summed E-state index contributed by atoms with van der Waals surface area (Å²) in [5.41, 5.74) is 5.67. The van der Waals surface area contributed by atoms with Crippen LogP contribution in [0.15, 0.2) is 0 Å². The molecule has 0 spiro atoms. The molecule has 0 amide bonds. The fourth-order valence-electron chi connectivity index (χ4n) is 2.90. The predicted octanol–water partition coefficient (Wildman–Crippen LogP) is 3.03. The van der Waals surface area contributed by atoms with Crippen LogP contribution < -0.4 is 5.73 Å². The average molecular weight is 270 g/mol. The summed E-state index contributed by atoms with van der Waals surface area (Å²) in [5.74, 6) is 0.635. The van der Waals surface area contributed by atoms with Crippen molar-refractivity contribution in [1.29, 1.82) is 0 Å². The minimum absolute atomic E-state index is 0.635. The lowest BCUT2D eigenvalue weighted by Crippen LogP contribution is -2.39. The number of ether oxygens (including phenoxy) is 1. The van der Waals surface area contributed by atoms with E-state index >= 15 is 0 Å². The van der Waals surface area contributed by atoms with Gasteiger partial charge in [0.25, 0.3) is 0 Å². The molecular weight excluding hydrogens is 236 g/mol. The van der Waals surface area contributed by atoms with Gasteiger partial charge in [0, 0.05) is 19.2 Å². The van der Waals surface area contributed by atoms with Crippen LogP contribution in [0.2, 0.25) is 0 Å². The molecule has 1 aliphatic carbocycles. The smallest absolute Gasteiger partial charge is 0.0593 e. The SMILES string of the molecule is CC(C)COCCN(CCCN)C1CCCCCC1. The first-order valence-corrected chi connectivity index (χ1v) is 8.26. The number of hydrogen-bond acceptors (Lipinski definition) is 3. The molecule has 0 radical (unpaired) electrons. The molecule has 1 fully saturated rings. The van der Waals surface area contributed by atoms with Gasteiger partial charge >= 0.3 is 0 Å². The Morgan fingerprint density at radius 1 is 1.11 bits per heavy atom. The normalized spacial score (nSPS) is 18.2. The summed E-state index contributed by atoms with van der Waals surface area (Å²) < 4.78 is 5.75. The van der Waals surface area contributed by atoms with Crippen molar-refractivity contribution in [2.24, 2.45) is 11.7 Å². The van der Waals surface area contributed by atoms with Crippen molar-refractivity contribution in [1.82, 2.24) is 4.90 Å². The van der Waals surface area contributed by atoms with Gasteiger partial charge in [0.2, 0.25) is 0 Å². The third kappa shape index (κ3) is 7.91. The molecule has 0 bridgehead atoms. The minimum Gasteiger partial charge on any atom is -0.380 e. The van der Waals surface area contributed by atoms with Crippen LogP contribution in [0.25, 0.3) is 0 Å². The van der Waals surface area contributed by atoms with Crippen LogP contribution in [0, 0.1) is 5.92 Å². The Kier molecular flexibility index (Phi) is 9.48. The van der Waals surface area contributed by atoms with Crippen molar-refractivity contribution in [3.63, 3.8) is 0 Å². The van der Waals surface area contributed by atoms with Crippen molar-refractivity contribution >= 4 is 0 Å². The van der Waals surface area contributed by atoms with E-state index in [0.717, 1.165) is 45.3 Å². The van der Waals surface area contributed by atoms with E-state index in [1.165, 1.54) is 38.5 Å². The zero-order valence-electron chi connectivity index (χ0n) is 13.1. The van der Waals surface area contributed by atoms with Gasteiger partial charge in [-0.1, -0.05) is 39.5 Å². The Balaban J connectivity index is 2.31. The number of nitrogens with two attached hydrogens (primary N) is 1. The fourth-order valence-corrected chi connectivity index (χ4v) is 2.90. The second-order valence-corrected chi connectivity index (χ2v) is 6.29. The van der Waals surface area contributed by atoms with Gasteiger partial charge in [-0.3, -0.25) is 4.90 Å². The number of hydrogen-bond donors (Lipinski definition) is 1. The van der Waals surface area contributed by atoms with E-state index in [0.29, 0.717) is 5.92 Å². The maximum absolute atomic E-state index is 5.75. The molecule has 0 aliphatic heterocycles. The lowest BCUT2D eigenvalue weighted by Gasteiger charge is -2.31. The highest BCUT2D eigenvalue weighted by molar-refractivity contribution is 4.75. The highest BCUT2D eigenvalue weighted by Gasteiger charge is 2.19. The summed E-state index contributed by atoms with van der Waals surface area (Å²) in [5, 5.41) is 0. The largest absolute Gasteiger partial charge is 0.380 e. The molecule has 3 heteroatoms. The van der Waals surface area contributed by atoms with Gasteiger partial charge in [-0.05, 0) is 38.3 Å². The third-order valence-electron chi connectivity index (χ3n) is 3.96. The zero-order valence-corrected chi connectivity index (χ0v) is 13.1. The molecule has 1 saturated carbocycles. The summed E-state index contributed by atoms with van der Waals surface area (Å²) >= 11 is 0. The maximum Gasteiger partial charge on any atom is 0.0593 e. The molecule has 0 aromatic carbocycles. The molecule has 0 saturated heterocycles. The lowest BCUT2D eigenvalue weighted by atomic mass is 10.1. The quantitative estimate of drug-likeness (QED) is 0.517. The zero-order chi connectivity index (χ0) is 13.9. The van der Waals surface area contributed by atoms with Gasteiger partial charge in [0.05, 0.1) is 6.61 Å². The van der Waals surface area contributed by atoms with Crippen molar-refractivity contribution in [2.45, 2.75) is 64.8 Å². The predicted molar refractivity (Wildman–Crippen MR) is 82.4 cm³/mol. The molecule has 2 N–H and O–H groups in total. The number of nitrogens with zero attached hydrogens (tertiary/aromatic N) is 1. The van der Waals surface area contributed by atoms with Crippen molar-refractivity contribution in [3.8, 4) is 0 Å². The van der Waals surface area contributed by atoms with Gasteiger partial charge in [-0.25, -0.2) is 0 Å². The molecule has 1 aliphatic rings. The summed E-state index contributed by atoms with van der Waals surface area (Å²) in [6, 6.07) is 0.775. The minimum atomic E-state index is 0.635. The Morgan fingerprint density at radius 2 is 1.79 bits per heavy atom. The van der Waals surface area contributed by atoms with Crippen LogP contribution in [0.4, 0.5) is 0 Å². The standard InChI is InChI=1S/C16H34N2O/c1-15(2)14-19-13-12-18(11-7-10-17)16-8-5-3-4-6-9-16/h15-16H,3-14,17H2,1-2H3. The number of rotatable bonds is 9. The molecule has 19 heavy (non-hydrogen) atoms. The summed E-state index contributed by atoms with van der Waals surface area (Å²) in [7, 11) is 0. The first-order valence-electron chi connectivity index (χ1n) is 8.26. The lowest BCUT2D eigenvalue weighted by molar-refractivity contribution is 0.0683. The molecule has 1 rings (SSSR count). The summed E-state index contributed by atoms with van der Waals surface area (Å²) in [6.07, 6.45) is 9.49. The van der Waals surface area contributed by atoms with Crippen LogP contribution >= 0.6 is 0 Å². The Labute approximate surface area is 119 Å². The Morgan fingerprint density at radius 3 is 2.37 bits per heavy atom. The van der Waals surface area contributed by atoms with Crippen molar-refractivity contribution < 1.29 is 4.74 Å². The van der Waals surface area contributed by atoms with E-state index in [2.05, 4.69) is 18.7 Å². The van der Waals surface area contributed by atoms with E-state index in [1.807, 2.05) is 0 Å². The van der Waals surface area contributed by atoms with Gasteiger partial charge in [0.15, 0.2) is 0 Å². The van der Waals surface area contributed by atoms with Crippen molar-refractivity contribution in [3.05, 3.63) is 0 Å². The molecule has 0 aromatic rings. The Bertz CT molecular complexity index is 201. The monoisotopic (exact) mass is 270 g/mol. The van der Waals surface area contributed by atoms with E-state index in [1.54, 1.807) is 0 Å². The molecule has 0 aromatic heterocycles. The van der Waals surface area contributed by atoms with E-state index in [4.69, 9.17) is 10.5 Å². The molecule has 0 atom stereocenters. The Hall–Kier alpha value is -0.120. The molecule has 0 unspecified atom stereocenters. The van der Waals surface area contributed by atoms with Crippen molar-refractivity contribution in [2.75, 3.05) is 32.8 Å². The molecular formula is C16H34N2O. The van der Waals surface area contributed by atoms with Crippen LogP contribution in [0.1, 0.15) is 58.8 Å². The maximum atomic E-state index is 5.75. The van der Waals surface area contributed by atoms with Crippen LogP contribution in [-0.4, -0.2) is 43.8 Å². The third-order valence-corrected chi connectivity index (χ3v) is 3.96. The van der Waals surface area contributed by atoms with Crippen LogP contribution in [0.5, 0.6) is 0 Å². The molecule has 114 valence electrons. The van der Waals surface area contributed by atoms with Gasteiger partial charge in [0.1, 0.15) is 0 Å². The van der Waals surface area contributed by atoms with E-state index in [-0.39, 0.29) is 0 Å². The van der Waals surface area contributed by atoms with E-state index < -0.39 is 0 Å². The fraction of sp³-hybridized carbons (Fsp3) is 1.00.